The number of aromatic carboxylic acids is 1. The van der Waals surface area contributed by atoms with Gasteiger partial charge in [0.1, 0.15) is 0 Å². The summed E-state index contributed by atoms with van der Waals surface area (Å²) < 4.78 is 5.48. The van der Waals surface area contributed by atoms with Gasteiger partial charge in [-0.3, -0.25) is 0 Å². The fourth-order valence-corrected chi connectivity index (χ4v) is 2.12. The highest BCUT2D eigenvalue weighted by Gasteiger charge is 2.15. The molecule has 1 aliphatic rings. The zero-order valence-electron chi connectivity index (χ0n) is 10.4. The minimum atomic E-state index is -0.957. The highest BCUT2D eigenvalue weighted by Crippen LogP contribution is 2.12. The second-order valence-electron chi connectivity index (χ2n) is 4.36. The van der Waals surface area contributed by atoms with E-state index >= 15 is 0 Å². The number of hydrogen-bond donors (Lipinski definition) is 3. The Bertz CT molecular complexity index is 473. The quantitative estimate of drug-likeness (QED) is 0.731. The van der Waals surface area contributed by atoms with Gasteiger partial charge in [-0.15, -0.1) is 0 Å². The maximum atomic E-state index is 10.8. The van der Waals surface area contributed by atoms with E-state index in [4.69, 9.17) is 22.1 Å². The van der Waals surface area contributed by atoms with Crippen molar-refractivity contribution in [1.82, 2.24) is 5.32 Å². The lowest BCUT2D eigenvalue weighted by Crippen LogP contribution is -2.34. The normalized spacial score (nSPS) is 18.0. The molecule has 1 fully saturated rings. The third kappa shape index (κ3) is 4.18. The first-order chi connectivity index (χ1) is 9.15. The first-order valence-electron chi connectivity index (χ1n) is 6.15. The van der Waals surface area contributed by atoms with Crippen LogP contribution >= 0.6 is 12.2 Å². The van der Waals surface area contributed by atoms with Gasteiger partial charge in [-0.1, -0.05) is 6.07 Å². The molecular weight excluding hydrogens is 264 g/mol. The number of rotatable bonds is 4. The molecule has 1 saturated heterocycles. The number of ether oxygens (including phenoxy) is 1. The molecule has 1 aromatic carbocycles. The summed E-state index contributed by atoms with van der Waals surface area (Å²) in [6.07, 6.45) is 2.35. The summed E-state index contributed by atoms with van der Waals surface area (Å²) in [5, 5.41) is 15.4. The number of benzene rings is 1. The Morgan fingerprint density at radius 2 is 2.37 bits per heavy atom. The van der Waals surface area contributed by atoms with Crippen LogP contribution in [0.5, 0.6) is 0 Å². The van der Waals surface area contributed by atoms with Gasteiger partial charge in [0.15, 0.2) is 5.11 Å². The topological polar surface area (TPSA) is 70.6 Å². The van der Waals surface area contributed by atoms with Crippen LogP contribution < -0.4 is 10.6 Å². The van der Waals surface area contributed by atoms with E-state index in [0.717, 1.165) is 19.4 Å². The van der Waals surface area contributed by atoms with Gasteiger partial charge in [0.25, 0.3) is 0 Å². The molecular formula is C13H16N2O3S. The molecule has 1 heterocycles. The fourth-order valence-electron chi connectivity index (χ4n) is 1.92. The first-order valence-corrected chi connectivity index (χ1v) is 6.56. The van der Waals surface area contributed by atoms with Gasteiger partial charge in [0.05, 0.1) is 11.7 Å². The molecule has 0 unspecified atom stereocenters. The van der Waals surface area contributed by atoms with E-state index in [1.54, 1.807) is 18.2 Å². The second-order valence-corrected chi connectivity index (χ2v) is 4.76. The van der Waals surface area contributed by atoms with E-state index in [1.807, 2.05) is 0 Å². The van der Waals surface area contributed by atoms with E-state index in [2.05, 4.69) is 10.6 Å². The Kier molecular flexibility index (Phi) is 4.70. The lowest BCUT2D eigenvalue weighted by atomic mass is 10.2. The smallest absolute Gasteiger partial charge is 0.335 e. The minimum absolute atomic E-state index is 0.213. The summed E-state index contributed by atoms with van der Waals surface area (Å²) in [6, 6.07) is 6.53. The van der Waals surface area contributed by atoms with Crippen molar-refractivity contribution in [1.29, 1.82) is 0 Å². The zero-order chi connectivity index (χ0) is 13.7. The van der Waals surface area contributed by atoms with Gasteiger partial charge in [-0.05, 0) is 43.3 Å². The molecule has 102 valence electrons. The van der Waals surface area contributed by atoms with Crippen molar-refractivity contribution < 1.29 is 14.6 Å². The average molecular weight is 280 g/mol. The number of hydrogen-bond acceptors (Lipinski definition) is 3. The molecule has 0 spiro atoms. The maximum absolute atomic E-state index is 10.8. The number of carboxylic acid groups (broad SMARTS) is 1. The third-order valence-corrected chi connectivity index (χ3v) is 3.13. The molecule has 1 aromatic rings. The highest BCUT2D eigenvalue weighted by atomic mass is 32.1. The number of carboxylic acids is 1. The maximum Gasteiger partial charge on any atom is 0.335 e. The van der Waals surface area contributed by atoms with Crippen LogP contribution in [0.1, 0.15) is 23.2 Å². The molecule has 3 N–H and O–H groups in total. The fraction of sp³-hybridized carbons (Fsp3) is 0.385. The molecule has 0 aromatic heterocycles. The van der Waals surface area contributed by atoms with Crippen molar-refractivity contribution >= 4 is 29.0 Å². The van der Waals surface area contributed by atoms with E-state index in [9.17, 15) is 4.79 Å². The molecule has 2 rings (SSSR count). The summed E-state index contributed by atoms with van der Waals surface area (Å²) in [5.41, 5.74) is 0.886. The van der Waals surface area contributed by atoms with Crippen LogP contribution in [0.15, 0.2) is 24.3 Å². The Labute approximate surface area is 117 Å². The Morgan fingerprint density at radius 1 is 1.53 bits per heavy atom. The van der Waals surface area contributed by atoms with Gasteiger partial charge in [-0.2, -0.15) is 0 Å². The number of thiocarbonyl (C=S) groups is 1. The molecule has 1 atom stereocenters. The van der Waals surface area contributed by atoms with Crippen molar-refractivity contribution in [3.05, 3.63) is 29.8 Å². The van der Waals surface area contributed by atoms with Gasteiger partial charge >= 0.3 is 5.97 Å². The van der Waals surface area contributed by atoms with Crippen molar-refractivity contribution in [3.8, 4) is 0 Å². The molecule has 0 radical (unpaired) electrons. The van der Waals surface area contributed by atoms with Crippen molar-refractivity contribution in [2.24, 2.45) is 0 Å². The highest BCUT2D eigenvalue weighted by molar-refractivity contribution is 7.80. The lowest BCUT2D eigenvalue weighted by Gasteiger charge is -2.14. The minimum Gasteiger partial charge on any atom is -0.478 e. The first kappa shape index (κ1) is 13.8. The summed E-state index contributed by atoms with van der Waals surface area (Å²) >= 11 is 5.15. The van der Waals surface area contributed by atoms with Gasteiger partial charge in [-0.25, -0.2) is 4.79 Å². The number of nitrogens with one attached hydrogen (secondary N) is 2. The van der Waals surface area contributed by atoms with Gasteiger partial charge in [0, 0.05) is 18.8 Å². The van der Waals surface area contributed by atoms with E-state index in [0.29, 0.717) is 17.3 Å². The summed E-state index contributed by atoms with van der Waals surface area (Å²) in [7, 11) is 0. The van der Waals surface area contributed by atoms with Crippen LogP contribution in [-0.4, -0.2) is 35.4 Å². The SMILES string of the molecule is O=C(O)c1cccc(NC(=S)NC[C@@H]2CCCO2)c1. The van der Waals surface area contributed by atoms with Crippen molar-refractivity contribution in [3.63, 3.8) is 0 Å². The van der Waals surface area contributed by atoms with Gasteiger partial charge < -0.3 is 20.5 Å². The van der Waals surface area contributed by atoms with Crippen LogP contribution in [0.2, 0.25) is 0 Å². The van der Waals surface area contributed by atoms with E-state index in [1.165, 1.54) is 6.07 Å². The van der Waals surface area contributed by atoms with E-state index in [-0.39, 0.29) is 11.7 Å². The summed E-state index contributed by atoms with van der Waals surface area (Å²) in [5.74, 6) is -0.957. The molecule has 6 heteroatoms. The molecule has 19 heavy (non-hydrogen) atoms. The molecule has 5 nitrogen and oxygen atoms in total. The zero-order valence-corrected chi connectivity index (χ0v) is 11.2. The number of anilines is 1. The molecule has 0 bridgehead atoms. The second kappa shape index (κ2) is 6.49. The van der Waals surface area contributed by atoms with Crippen LogP contribution in [0.25, 0.3) is 0 Å². The standard InChI is InChI=1S/C13H16N2O3S/c16-12(17)9-3-1-4-10(7-9)15-13(19)14-8-11-5-2-6-18-11/h1,3-4,7,11H,2,5-6,8H2,(H,16,17)(H2,14,15,19)/t11-/m0/s1. The third-order valence-electron chi connectivity index (χ3n) is 2.88. The van der Waals surface area contributed by atoms with Gasteiger partial charge in [0.2, 0.25) is 0 Å². The molecule has 0 aliphatic carbocycles. The van der Waals surface area contributed by atoms with Crippen LogP contribution in [0.3, 0.4) is 0 Å². The van der Waals surface area contributed by atoms with Crippen LogP contribution in [0.4, 0.5) is 5.69 Å². The van der Waals surface area contributed by atoms with Crippen molar-refractivity contribution in [2.75, 3.05) is 18.5 Å². The monoisotopic (exact) mass is 280 g/mol. The Hall–Kier alpha value is -1.66. The predicted octanol–water partition coefficient (Wildman–Crippen LogP) is 1.85. The molecule has 0 saturated carbocycles. The lowest BCUT2D eigenvalue weighted by molar-refractivity contribution is 0.0697. The van der Waals surface area contributed by atoms with E-state index < -0.39 is 5.97 Å². The van der Waals surface area contributed by atoms with Crippen LogP contribution in [0, 0.1) is 0 Å². The summed E-state index contributed by atoms with van der Waals surface area (Å²) in [4.78, 5) is 10.8. The summed E-state index contributed by atoms with van der Waals surface area (Å²) in [6.45, 7) is 1.48. The Morgan fingerprint density at radius 3 is 3.05 bits per heavy atom. The largest absolute Gasteiger partial charge is 0.478 e. The molecule has 0 amide bonds. The van der Waals surface area contributed by atoms with Crippen LogP contribution in [-0.2, 0) is 4.74 Å². The average Bonchev–Trinajstić information content (AvgIpc) is 2.90. The molecule has 1 aliphatic heterocycles. The predicted molar refractivity (Wildman–Crippen MR) is 76.6 cm³/mol. The Balaban J connectivity index is 1.84. The number of carbonyl (C=O) groups is 1. The van der Waals surface area contributed by atoms with Crippen molar-refractivity contribution in [2.45, 2.75) is 18.9 Å².